The lowest BCUT2D eigenvalue weighted by molar-refractivity contribution is -0.120. The van der Waals surface area contributed by atoms with E-state index in [2.05, 4.69) is 42.1 Å². The van der Waals surface area contributed by atoms with E-state index in [9.17, 15) is 4.79 Å². The second kappa shape index (κ2) is 8.11. The van der Waals surface area contributed by atoms with Gasteiger partial charge in [-0.05, 0) is 38.7 Å². The van der Waals surface area contributed by atoms with Gasteiger partial charge in [0.25, 0.3) is 0 Å². The molecule has 23 heavy (non-hydrogen) atoms. The van der Waals surface area contributed by atoms with Gasteiger partial charge >= 0.3 is 0 Å². The molecule has 1 atom stereocenters. The van der Waals surface area contributed by atoms with Crippen LogP contribution >= 0.6 is 23.1 Å². The largest absolute Gasteiger partial charge is 0.355 e. The van der Waals surface area contributed by atoms with Crippen LogP contribution in [0.4, 0.5) is 0 Å². The molecule has 4 nitrogen and oxygen atoms in total. The highest BCUT2D eigenvalue weighted by molar-refractivity contribution is 8.00. The molecule has 0 aliphatic rings. The monoisotopic (exact) mass is 351 g/mol. The number of aromatic nitrogens is 2. The topological polar surface area (TPSA) is 54.9 Å². The first-order chi connectivity index (χ1) is 10.9. The highest BCUT2D eigenvalue weighted by Gasteiger charge is 2.18. The normalized spacial score (nSPS) is 12.8. The van der Waals surface area contributed by atoms with Crippen molar-refractivity contribution in [2.45, 2.75) is 57.7 Å². The highest BCUT2D eigenvalue weighted by atomic mass is 32.2. The van der Waals surface area contributed by atoms with Crippen LogP contribution in [0.3, 0.4) is 0 Å². The van der Waals surface area contributed by atoms with Gasteiger partial charge < -0.3 is 5.32 Å². The first kappa shape index (κ1) is 18.2. The van der Waals surface area contributed by atoms with E-state index in [0.29, 0.717) is 5.92 Å². The third-order valence-corrected chi connectivity index (χ3v) is 5.82. The zero-order valence-corrected chi connectivity index (χ0v) is 16.1. The average molecular weight is 352 g/mol. The van der Waals surface area contributed by atoms with Gasteiger partial charge in [-0.15, -0.1) is 11.3 Å². The van der Waals surface area contributed by atoms with Crippen LogP contribution in [0.1, 0.15) is 44.8 Å². The summed E-state index contributed by atoms with van der Waals surface area (Å²) in [4.78, 5) is 23.6. The van der Waals surface area contributed by atoms with Crippen molar-refractivity contribution in [1.82, 2.24) is 15.3 Å². The number of nitrogens with zero attached hydrogens (tertiary/aromatic N) is 2. The Balaban J connectivity index is 2.11. The van der Waals surface area contributed by atoms with Crippen molar-refractivity contribution in [3.8, 4) is 0 Å². The zero-order valence-electron chi connectivity index (χ0n) is 14.5. The lowest BCUT2D eigenvalue weighted by Crippen LogP contribution is -2.32. The van der Waals surface area contributed by atoms with Gasteiger partial charge in [0.1, 0.15) is 15.7 Å². The summed E-state index contributed by atoms with van der Waals surface area (Å²) in [6.07, 6.45) is 2.00. The number of carbonyl (C=O) groups is 1. The Morgan fingerprint density at radius 3 is 2.74 bits per heavy atom. The predicted molar refractivity (Wildman–Crippen MR) is 99.3 cm³/mol. The molecule has 1 N–H and O–H groups in total. The van der Waals surface area contributed by atoms with Gasteiger partial charge in [-0.25, -0.2) is 9.97 Å². The first-order valence-corrected chi connectivity index (χ1v) is 9.81. The smallest absolute Gasteiger partial charge is 0.233 e. The molecule has 0 fully saturated rings. The number of amides is 1. The molecule has 0 aliphatic carbocycles. The van der Waals surface area contributed by atoms with Crippen molar-refractivity contribution >= 4 is 39.2 Å². The number of hydrogen-bond donors (Lipinski definition) is 1. The molecule has 0 saturated heterocycles. The second-order valence-corrected chi connectivity index (χ2v) is 8.54. The third kappa shape index (κ3) is 4.91. The van der Waals surface area contributed by atoms with E-state index >= 15 is 0 Å². The molecule has 2 rings (SSSR count). The Bertz CT molecular complexity index is 682. The third-order valence-electron chi connectivity index (χ3n) is 3.55. The molecule has 1 unspecified atom stereocenters. The van der Waals surface area contributed by atoms with E-state index in [1.807, 2.05) is 13.8 Å². The Morgan fingerprint density at radius 2 is 2.09 bits per heavy atom. The van der Waals surface area contributed by atoms with E-state index in [0.717, 1.165) is 40.5 Å². The SMILES string of the molecule is CCc1cc2c(SC(C)C(=O)NCCC(C)C)nc(C)nc2s1. The molecule has 0 bridgehead atoms. The molecule has 126 valence electrons. The number of carbonyl (C=O) groups excluding carboxylic acids is 1. The van der Waals surface area contributed by atoms with Gasteiger partial charge in [0.05, 0.1) is 5.25 Å². The maximum absolute atomic E-state index is 12.2. The average Bonchev–Trinajstić information content (AvgIpc) is 2.89. The van der Waals surface area contributed by atoms with Crippen LogP contribution in [-0.2, 0) is 11.2 Å². The van der Waals surface area contributed by atoms with Gasteiger partial charge in [0.15, 0.2) is 0 Å². The Hall–Kier alpha value is -1.14. The number of fused-ring (bicyclic) bond motifs is 1. The second-order valence-electron chi connectivity index (χ2n) is 6.09. The molecular weight excluding hydrogens is 326 g/mol. The van der Waals surface area contributed by atoms with E-state index in [1.54, 1.807) is 11.3 Å². The van der Waals surface area contributed by atoms with Crippen LogP contribution < -0.4 is 5.32 Å². The molecule has 0 aliphatic heterocycles. The number of thiophene rings is 1. The number of hydrogen-bond acceptors (Lipinski definition) is 5. The molecule has 6 heteroatoms. The number of rotatable bonds is 7. The van der Waals surface area contributed by atoms with E-state index in [-0.39, 0.29) is 11.2 Å². The van der Waals surface area contributed by atoms with E-state index in [1.165, 1.54) is 16.6 Å². The summed E-state index contributed by atoms with van der Waals surface area (Å²) in [5, 5.41) is 4.84. The van der Waals surface area contributed by atoms with Crippen LogP contribution in [0.2, 0.25) is 0 Å². The van der Waals surface area contributed by atoms with Crippen molar-refractivity contribution in [3.05, 3.63) is 16.8 Å². The van der Waals surface area contributed by atoms with Gasteiger partial charge in [-0.2, -0.15) is 0 Å². The van der Waals surface area contributed by atoms with Crippen LogP contribution in [0.15, 0.2) is 11.1 Å². The van der Waals surface area contributed by atoms with Gasteiger partial charge in [-0.1, -0.05) is 32.5 Å². The predicted octanol–water partition coefficient (Wildman–Crippen LogP) is 4.21. The molecule has 2 aromatic heterocycles. The summed E-state index contributed by atoms with van der Waals surface area (Å²) in [6, 6.07) is 2.16. The lowest BCUT2D eigenvalue weighted by Gasteiger charge is -2.13. The molecule has 1 amide bonds. The van der Waals surface area contributed by atoms with Crippen molar-refractivity contribution < 1.29 is 4.79 Å². The van der Waals surface area contributed by atoms with E-state index < -0.39 is 0 Å². The Kier molecular flexibility index (Phi) is 6.41. The highest BCUT2D eigenvalue weighted by Crippen LogP contribution is 2.33. The fraction of sp³-hybridized carbons (Fsp3) is 0.588. The summed E-state index contributed by atoms with van der Waals surface area (Å²) in [7, 11) is 0. The summed E-state index contributed by atoms with van der Waals surface area (Å²) in [5.74, 6) is 1.43. The first-order valence-electron chi connectivity index (χ1n) is 8.12. The maximum atomic E-state index is 12.2. The van der Waals surface area contributed by atoms with Gasteiger partial charge in [0.2, 0.25) is 5.91 Å². The fourth-order valence-electron chi connectivity index (χ4n) is 2.16. The summed E-state index contributed by atoms with van der Waals surface area (Å²) < 4.78 is 0. The standard InChI is InChI=1S/C17H25N3OS2/c1-6-13-9-14-16(19-12(5)20-17(14)23-13)22-11(4)15(21)18-8-7-10(2)3/h9-11H,6-8H2,1-5H3,(H,18,21). The summed E-state index contributed by atoms with van der Waals surface area (Å²) >= 11 is 3.23. The minimum absolute atomic E-state index is 0.0750. The van der Waals surface area contributed by atoms with Gasteiger partial charge in [-0.3, -0.25) is 4.79 Å². The summed E-state index contributed by atoms with van der Waals surface area (Å²) in [6.45, 7) is 11.0. The maximum Gasteiger partial charge on any atom is 0.233 e. The zero-order chi connectivity index (χ0) is 17.0. The minimum atomic E-state index is -0.162. The van der Waals surface area contributed by atoms with Gasteiger partial charge in [0, 0.05) is 16.8 Å². The van der Waals surface area contributed by atoms with Crippen LogP contribution in [-0.4, -0.2) is 27.7 Å². The minimum Gasteiger partial charge on any atom is -0.355 e. The summed E-state index contributed by atoms with van der Waals surface area (Å²) in [5.41, 5.74) is 0. The molecule has 0 radical (unpaired) electrons. The molecule has 0 aromatic carbocycles. The number of nitrogens with one attached hydrogen (secondary N) is 1. The quantitative estimate of drug-likeness (QED) is 0.600. The van der Waals surface area contributed by atoms with Crippen molar-refractivity contribution in [2.75, 3.05) is 6.54 Å². The number of thioether (sulfide) groups is 1. The molecule has 2 heterocycles. The van der Waals surface area contributed by atoms with E-state index in [4.69, 9.17) is 0 Å². The molecular formula is C17H25N3OS2. The lowest BCUT2D eigenvalue weighted by atomic mass is 10.1. The van der Waals surface area contributed by atoms with Crippen molar-refractivity contribution in [3.63, 3.8) is 0 Å². The van der Waals surface area contributed by atoms with Crippen molar-refractivity contribution in [2.24, 2.45) is 5.92 Å². The fourth-order valence-corrected chi connectivity index (χ4v) is 4.23. The molecule has 0 saturated carbocycles. The van der Waals surface area contributed by atoms with Crippen molar-refractivity contribution in [1.29, 1.82) is 0 Å². The number of aryl methyl sites for hydroxylation is 2. The Labute approximate surface area is 146 Å². The Morgan fingerprint density at radius 1 is 1.35 bits per heavy atom. The van der Waals surface area contributed by atoms with Crippen LogP contribution in [0, 0.1) is 12.8 Å². The van der Waals surface area contributed by atoms with Crippen LogP contribution in [0.25, 0.3) is 10.2 Å². The molecule has 2 aromatic rings. The molecule has 0 spiro atoms. The van der Waals surface area contributed by atoms with Crippen LogP contribution in [0.5, 0.6) is 0 Å².